The van der Waals surface area contributed by atoms with Gasteiger partial charge in [-0.05, 0) is 49.8 Å². The second-order valence-corrected chi connectivity index (χ2v) is 8.73. The number of nitrogens with one attached hydrogen (secondary N) is 1. The molecule has 0 aliphatic heterocycles. The number of halogens is 1. The van der Waals surface area contributed by atoms with Crippen molar-refractivity contribution in [3.63, 3.8) is 0 Å². The first-order chi connectivity index (χ1) is 13.3. The third kappa shape index (κ3) is 4.28. The molecule has 28 heavy (non-hydrogen) atoms. The summed E-state index contributed by atoms with van der Waals surface area (Å²) in [6, 6.07) is 8.17. The molecule has 0 saturated heterocycles. The summed E-state index contributed by atoms with van der Waals surface area (Å²) < 4.78 is 2.11. The van der Waals surface area contributed by atoms with Crippen molar-refractivity contribution in [1.82, 2.24) is 9.88 Å². The van der Waals surface area contributed by atoms with Gasteiger partial charge in [-0.2, -0.15) is 0 Å². The Hall–Kier alpha value is -1.78. The first-order valence-corrected chi connectivity index (χ1v) is 10.6. The molecule has 1 aliphatic rings. The lowest BCUT2D eigenvalue weighted by Crippen LogP contribution is -2.40. The smallest absolute Gasteiger partial charge is 0.337 e. The van der Waals surface area contributed by atoms with E-state index in [9.17, 15) is 9.90 Å². The molecule has 0 bridgehead atoms. The molecule has 1 aliphatic carbocycles. The lowest BCUT2D eigenvalue weighted by Gasteiger charge is -2.34. The van der Waals surface area contributed by atoms with Crippen molar-refractivity contribution < 1.29 is 9.90 Å². The van der Waals surface area contributed by atoms with Gasteiger partial charge in [0, 0.05) is 41.1 Å². The Morgan fingerprint density at radius 1 is 1.18 bits per heavy atom. The van der Waals surface area contributed by atoms with E-state index in [2.05, 4.69) is 23.7 Å². The molecule has 1 aromatic heterocycles. The zero-order valence-corrected chi connectivity index (χ0v) is 18.0. The number of nitrogens with zero attached hydrogens (tertiary/aromatic N) is 1. The van der Waals surface area contributed by atoms with Crippen molar-refractivity contribution in [3.8, 4) is 0 Å². The molecule has 1 fully saturated rings. The zero-order valence-electron chi connectivity index (χ0n) is 17.3. The summed E-state index contributed by atoms with van der Waals surface area (Å²) in [6.07, 6.45) is 3.69. The quantitative estimate of drug-likeness (QED) is 0.678. The molecular formula is C23H31ClN2O2. The van der Waals surface area contributed by atoms with E-state index in [4.69, 9.17) is 11.6 Å². The van der Waals surface area contributed by atoms with Crippen LogP contribution in [0.25, 0.3) is 0 Å². The van der Waals surface area contributed by atoms with Crippen molar-refractivity contribution >= 4 is 17.6 Å². The number of aromatic carboxylic acids is 1. The molecule has 2 aromatic rings. The lowest BCUT2D eigenvalue weighted by molar-refractivity contribution is 0.0694. The monoisotopic (exact) mass is 402 g/mol. The van der Waals surface area contributed by atoms with Crippen LogP contribution in [0.2, 0.25) is 5.02 Å². The minimum atomic E-state index is -0.850. The second kappa shape index (κ2) is 8.71. The number of carbonyl (C=O) groups is 1. The number of hydrogen-bond acceptors (Lipinski definition) is 2. The molecule has 0 spiro atoms. The first kappa shape index (κ1) is 20.9. The summed E-state index contributed by atoms with van der Waals surface area (Å²) in [4.78, 5) is 12.0. The Labute approximate surface area is 172 Å². The summed E-state index contributed by atoms with van der Waals surface area (Å²) >= 11 is 5.99. The molecule has 4 nitrogen and oxygen atoms in total. The Bertz CT molecular complexity index is 841. The van der Waals surface area contributed by atoms with Crippen molar-refractivity contribution in [2.24, 2.45) is 11.8 Å². The van der Waals surface area contributed by atoms with Crippen LogP contribution in [-0.4, -0.2) is 21.7 Å². The molecule has 2 N–H and O–H groups in total. The maximum Gasteiger partial charge on any atom is 0.337 e. The molecular weight excluding hydrogens is 372 g/mol. The standard InChI is InChI=1S/C23H31ClN2O2/c1-14-6-5-7-21(15(14)2)25-12-20-16(3)26(17(4)22(20)23(27)28)13-18-8-10-19(24)11-9-18/h8-11,14-15,21,25H,5-7,12-13H2,1-4H3,(H,27,28)/t14-,15-,21+/m0/s1. The fourth-order valence-electron chi connectivity index (χ4n) is 4.56. The molecule has 152 valence electrons. The highest BCUT2D eigenvalue weighted by Gasteiger charge is 2.28. The lowest BCUT2D eigenvalue weighted by atomic mass is 9.78. The molecule has 0 unspecified atom stereocenters. The van der Waals surface area contributed by atoms with E-state index in [0.717, 1.165) is 28.9 Å². The van der Waals surface area contributed by atoms with Crippen molar-refractivity contribution in [2.75, 3.05) is 0 Å². The maximum atomic E-state index is 12.0. The van der Waals surface area contributed by atoms with Gasteiger partial charge in [0.2, 0.25) is 0 Å². The van der Waals surface area contributed by atoms with Gasteiger partial charge in [-0.25, -0.2) is 4.79 Å². The van der Waals surface area contributed by atoms with E-state index in [0.29, 0.717) is 41.6 Å². The van der Waals surface area contributed by atoms with Gasteiger partial charge < -0.3 is 15.0 Å². The van der Waals surface area contributed by atoms with Gasteiger partial charge in [0.05, 0.1) is 5.56 Å². The van der Waals surface area contributed by atoms with Gasteiger partial charge in [-0.3, -0.25) is 0 Å². The normalized spacial score (nSPS) is 22.4. The minimum absolute atomic E-state index is 0.440. The summed E-state index contributed by atoms with van der Waals surface area (Å²) in [5, 5.41) is 14.2. The van der Waals surface area contributed by atoms with Crippen LogP contribution in [0.1, 0.15) is 66.0 Å². The molecule has 1 saturated carbocycles. The van der Waals surface area contributed by atoms with Crippen LogP contribution in [0, 0.1) is 25.7 Å². The van der Waals surface area contributed by atoms with Gasteiger partial charge in [-0.1, -0.05) is 50.4 Å². The average Bonchev–Trinajstić information content (AvgIpc) is 2.89. The summed E-state index contributed by atoms with van der Waals surface area (Å²) in [6.45, 7) is 9.80. The van der Waals surface area contributed by atoms with Gasteiger partial charge in [0.1, 0.15) is 0 Å². The van der Waals surface area contributed by atoms with E-state index < -0.39 is 5.97 Å². The molecule has 3 rings (SSSR count). The largest absolute Gasteiger partial charge is 0.478 e. The molecule has 3 atom stereocenters. The number of rotatable bonds is 6. The molecule has 5 heteroatoms. The highest BCUT2D eigenvalue weighted by atomic mass is 35.5. The summed E-state index contributed by atoms with van der Waals surface area (Å²) in [5.41, 5.74) is 4.28. The van der Waals surface area contributed by atoms with Crippen molar-refractivity contribution in [1.29, 1.82) is 0 Å². The van der Waals surface area contributed by atoms with Crippen LogP contribution < -0.4 is 5.32 Å². The molecule has 1 heterocycles. The Morgan fingerprint density at radius 2 is 1.86 bits per heavy atom. The first-order valence-electron chi connectivity index (χ1n) is 10.2. The topological polar surface area (TPSA) is 54.3 Å². The minimum Gasteiger partial charge on any atom is -0.478 e. The highest BCUT2D eigenvalue weighted by Crippen LogP contribution is 2.30. The van der Waals surface area contributed by atoms with Crippen molar-refractivity contribution in [3.05, 3.63) is 57.4 Å². The third-order valence-electron chi connectivity index (χ3n) is 6.63. The zero-order chi connectivity index (χ0) is 20.4. The van der Waals surface area contributed by atoms with E-state index in [1.165, 1.54) is 12.8 Å². The number of carboxylic acid groups (broad SMARTS) is 1. The Kier molecular flexibility index (Phi) is 6.51. The van der Waals surface area contributed by atoms with Gasteiger partial charge >= 0.3 is 5.97 Å². The second-order valence-electron chi connectivity index (χ2n) is 8.30. The predicted octanol–water partition coefficient (Wildman–Crippen LogP) is 5.42. The number of hydrogen-bond donors (Lipinski definition) is 2. The van der Waals surface area contributed by atoms with Crippen molar-refractivity contribution in [2.45, 2.75) is 66.1 Å². The number of benzene rings is 1. The van der Waals surface area contributed by atoms with Crippen LogP contribution in [0.5, 0.6) is 0 Å². The number of aromatic nitrogens is 1. The maximum absolute atomic E-state index is 12.0. The van der Waals surface area contributed by atoms with Gasteiger partial charge in [0.25, 0.3) is 0 Å². The fourth-order valence-corrected chi connectivity index (χ4v) is 4.69. The van der Waals surface area contributed by atoms with E-state index in [-0.39, 0.29) is 0 Å². The Balaban J connectivity index is 1.85. The van der Waals surface area contributed by atoms with Crippen LogP contribution in [0.4, 0.5) is 0 Å². The summed E-state index contributed by atoms with van der Waals surface area (Å²) in [7, 11) is 0. The van der Waals surface area contributed by atoms with Gasteiger partial charge in [-0.15, -0.1) is 0 Å². The fraction of sp³-hybridized carbons (Fsp3) is 0.522. The van der Waals surface area contributed by atoms with Crippen LogP contribution >= 0.6 is 11.6 Å². The van der Waals surface area contributed by atoms with Crippen LogP contribution in [0.15, 0.2) is 24.3 Å². The van der Waals surface area contributed by atoms with Gasteiger partial charge in [0.15, 0.2) is 0 Å². The van der Waals surface area contributed by atoms with Crippen LogP contribution in [0.3, 0.4) is 0 Å². The molecule has 0 amide bonds. The predicted molar refractivity (Wildman–Crippen MR) is 114 cm³/mol. The van der Waals surface area contributed by atoms with Crippen LogP contribution in [-0.2, 0) is 13.1 Å². The van der Waals surface area contributed by atoms with E-state index >= 15 is 0 Å². The SMILES string of the molecule is Cc1c(CN[C@@H]2CCC[C@H](C)[C@@H]2C)c(C(=O)O)c(C)n1Cc1ccc(Cl)cc1. The Morgan fingerprint density at radius 3 is 2.50 bits per heavy atom. The van der Waals surface area contributed by atoms with E-state index in [1.807, 2.05) is 38.1 Å². The highest BCUT2D eigenvalue weighted by molar-refractivity contribution is 6.30. The molecule has 1 aromatic carbocycles. The van der Waals surface area contributed by atoms with E-state index in [1.54, 1.807) is 0 Å². The number of carboxylic acids is 1. The summed E-state index contributed by atoms with van der Waals surface area (Å²) in [5.74, 6) is 0.472. The third-order valence-corrected chi connectivity index (χ3v) is 6.88. The molecule has 0 radical (unpaired) electrons. The average molecular weight is 403 g/mol.